The highest BCUT2D eigenvalue weighted by Gasteiger charge is 2.21. The number of nitrogens with one attached hydrogen (secondary N) is 1. The first kappa shape index (κ1) is 15.0. The normalized spacial score (nSPS) is 26.6. The van der Waals surface area contributed by atoms with Gasteiger partial charge in [-0.2, -0.15) is 0 Å². The lowest BCUT2D eigenvalue weighted by Crippen LogP contribution is -2.35. The molecule has 0 bridgehead atoms. The van der Waals surface area contributed by atoms with Crippen LogP contribution in [0.5, 0.6) is 0 Å². The van der Waals surface area contributed by atoms with Gasteiger partial charge in [-0.3, -0.25) is 0 Å². The maximum absolute atomic E-state index is 3.80. The van der Waals surface area contributed by atoms with Crippen LogP contribution < -0.4 is 5.32 Å². The Morgan fingerprint density at radius 3 is 2.47 bits per heavy atom. The molecule has 3 unspecified atom stereocenters. The molecule has 1 aliphatic rings. The summed E-state index contributed by atoms with van der Waals surface area (Å²) in [6.07, 6.45) is 6.85. The molecule has 1 saturated carbocycles. The summed E-state index contributed by atoms with van der Waals surface area (Å²) in [4.78, 5) is 2.52. The van der Waals surface area contributed by atoms with Gasteiger partial charge < -0.3 is 10.2 Å². The maximum atomic E-state index is 3.80. The summed E-state index contributed by atoms with van der Waals surface area (Å²) in [7, 11) is 0. The van der Waals surface area contributed by atoms with Gasteiger partial charge >= 0.3 is 0 Å². The van der Waals surface area contributed by atoms with Crippen molar-refractivity contribution in [3.05, 3.63) is 0 Å². The molecular formula is C15H32N2. The highest BCUT2D eigenvalue weighted by atomic mass is 15.1. The molecule has 0 radical (unpaired) electrons. The van der Waals surface area contributed by atoms with Crippen molar-refractivity contribution < 1.29 is 0 Å². The van der Waals surface area contributed by atoms with Crippen LogP contribution in [0, 0.1) is 5.92 Å². The molecule has 1 N–H and O–H groups in total. The lowest BCUT2D eigenvalue weighted by Gasteiger charge is -2.22. The lowest BCUT2D eigenvalue weighted by molar-refractivity contribution is 0.287. The minimum absolute atomic E-state index is 0.695. The maximum Gasteiger partial charge on any atom is 0.00721 e. The Morgan fingerprint density at radius 1 is 1.24 bits per heavy atom. The quantitative estimate of drug-likeness (QED) is 0.700. The second-order valence-electron chi connectivity index (χ2n) is 5.85. The largest absolute Gasteiger partial charge is 0.311 e. The van der Waals surface area contributed by atoms with E-state index >= 15 is 0 Å². The molecule has 1 fully saturated rings. The van der Waals surface area contributed by atoms with Crippen molar-refractivity contribution in [3.8, 4) is 0 Å². The summed E-state index contributed by atoms with van der Waals surface area (Å²) in [6.45, 7) is 12.9. The summed E-state index contributed by atoms with van der Waals surface area (Å²) in [5.41, 5.74) is 0. The van der Waals surface area contributed by atoms with Crippen LogP contribution in [0.15, 0.2) is 0 Å². The molecule has 17 heavy (non-hydrogen) atoms. The predicted octanol–water partition coefficient (Wildman–Crippen LogP) is 3.28. The third-order valence-electron chi connectivity index (χ3n) is 4.22. The molecule has 0 aromatic carbocycles. The van der Waals surface area contributed by atoms with E-state index in [4.69, 9.17) is 0 Å². The zero-order valence-electron chi connectivity index (χ0n) is 12.3. The summed E-state index contributed by atoms with van der Waals surface area (Å²) in [6, 6.07) is 1.49. The molecule has 0 aromatic rings. The van der Waals surface area contributed by atoms with E-state index in [2.05, 4.69) is 37.9 Å². The first-order valence-corrected chi connectivity index (χ1v) is 7.64. The first-order chi connectivity index (χ1) is 8.15. The number of rotatable bonds is 8. The van der Waals surface area contributed by atoms with Gasteiger partial charge in [-0.1, -0.05) is 20.8 Å². The zero-order chi connectivity index (χ0) is 12.7. The van der Waals surface area contributed by atoms with E-state index in [9.17, 15) is 0 Å². The third-order valence-corrected chi connectivity index (χ3v) is 4.22. The average Bonchev–Trinajstić information content (AvgIpc) is 2.70. The van der Waals surface area contributed by atoms with Gasteiger partial charge in [-0.25, -0.2) is 0 Å². The van der Waals surface area contributed by atoms with E-state index in [-0.39, 0.29) is 0 Å². The van der Waals surface area contributed by atoms with Crippen LogP contribution in [0.3, 0.4) is 0 Å². The molecular weight excluding hydrogens is 208 g/mol. The SMILES string of the molecule is CCN(CC)CCCC(C)NC1CCC(C)C1. The highest BCUT2D eigenvalue weighted by molar-refractivity contribution is 4.80. The van der Waals surface area contributed by atoms with E-state index in [0.717, 1.165) is 12.0 Å². The topological polar surface area (TPSA) is 15.3 Å². The molecule has 1 rings (SSSR count). The van der Waals surface area contributed by atoms with Crippen molar-refractivity contribution >= 4 is 0 Å². The average molecular weight is 240 g/mol. The van der Waals surface area contributed by atoms with Crippen LogP contribution in [0.25, 0.3) is 0 Å². The predicted molar refractivity (Wildman–Crippen MR) is 76.4 cm³/mol. The van der Waals surface area contributed by atoms with Gasteiger partial charge in [0, 0.05) is 12.1 Å². The lowest BCUT2D eigenvalue weighted by atomic mass is 10.1. The van der Waals surface area contributed by atoms with Crippen LogP contribution in [0.4, 0.5) is 0 Å². The second-order valence-corrected chi connectivity index (χ2v) is 5.85. The van der Waals surface area contributed by atoms with Crippen LogP contribution >= 0.6 is 0 Å². The number of hydrogen-bond acceptors (Lipinski definition) is 2. The first-order valence-electron chi connectivity index (χ1n) is 7.64. The van der Waals surface area contributed by atoms with Crippen LogP contribution in [-0.4, -0.2) is 36.6 Å². The van der Waals surface area contributed by atoms with Gasteiger partial charge in [0.25, 0.3) is 0 Å². The fourth-order valence-electron chi connectivity index (χ4n) is 3.01. The van der Waals surface area contributed by atoms with Crippen LogP contribution in [-0.2, 0) is 0 Å². The fraction of sp³-hybridized carbons (Fsp3) is 1.00. The van der Waals surface area contributed by atoms with Gasteiger partial charge in [0.2, 0.25) is 0 Å². The van der Waals surface area contributed by atoms with Gasteiger partial charge in [0.1, 0.15) is 0 Å². The highest BCUT2D eigenvalue weighted by Crippen LogP contribution is 2.25. The van der Waals surface area contributed by atoms with E-state index in [0.29, 0.717) is 6.04 Å². The summed E-state index contributed by atoms with van der Waals surface area (Å²) < 4.78 is 0. The minimum Gasteiger partial charge on any atom is -0.311 e. The molecule has 2 heteroatoms. The number of hydrogen-bond donors (Lipinski definition) is 1. The summed E-state index contributed by atoms with van der Waals surface area (Å²) in [5.74, 6) is 0.940. The molecule has 0 aromatic heterocycles. The Hall–Kier alpha value is -0.0800. The molecule has 1 aliphatic carbocycles. The minimum atomic E-state index is 0.695. The zero-order valence-corrected chi connectivity index (χ0v) is 12.3. The Kier molecular flexibility index (Phi) is 7.14. The molecule has 0 spiro atoms. The monoisotopic (exact) mass is 240 g/mol. The van der Waals surface area contributed by atoms with E-state index in [1.54, 1.807) is 0 Å². The summed E-state index contributed by atoms with van der Waals surface area (Å²) >= 11 is 0. The fourth-order valence-corrected chi connectivity index (χ4v) is 3.01. The Balaban J connectivity index is 2.06. The Bertz CT molecular complexity index is 189. The van der Waals surface area contributed by atoms with Gasteiger partial charge in [0.15, 0.2) is 0 Å². The molecule has 0 saturated heterocycles. The molecule has 0 heterocycles. The molecule has 2 nitrogen and oxygen atoms in total. The standard InChI is InChI=1S/C15H32N2/c1-5-17(6-2)11-7-8-14(4)16-15-10-9-13(3)12-15/h13-16H,5-12H2,1-4H3. The van der Waals surface area contributed by atoms with Crippen LogP contribution in [0.2, 0.25) is 0 Å². The van der Waals surface area contributed by atoms with Crippen LogP contribution in [0.1, 0.15) is 59.8 Å². The number of nitrogens with zero attached hydrogens (tertiary/aromatic N) is 1. The van der Waals surface area contributed by atoms with E-state index < -0.39 is 0 Å². The van der Waals surface area contributed by atoms with Crippen molar-refractivity contribution in [2.45, 2.75) is 71.9 Å². The third kappa shape index (κ3) is 5.87. The summed E-state index contributed by atoms with van der Waals surface area (Å²) in [5, 5.41) is 3.80. The Labute approximate surface area is 108 Å². The van der Waals surface area contributed by atoms with Gasteiger partial charge in [0.05, 0.1) is 0 Å². The molecule has 0 amide bonds. The Morgan fingerprint density at radius 2 is 1.94 bits per heavy atom. The van der Waals surface area contributed by atoms with Crippen molar-refractivity contribution in [2.75, 3.05) is 19.6 Å². The van der Waals surface area contributed by atoms with E-state index in [1.165, 1.54) is 51.7 Å². The van der Waals surface area contributed by atoms with Gasteiger partial charge in [-0.05, 0) is 64.6 Å². The molecule has 102 valence electrons. The van der Waals surface area contributed by atoms with E-state index in [1.807, 2.05) is 0 Å². The van der Waals surface area contributed by atoms with Crippen molar-refractivity contribution in [3.63, 3.8) is 0 Å². The molecule has 0 aliphatic heterocycles. The molecule has 3 atom stereocenters. The van der Waals surface area contributed by atoms with Gasteiger partial charge in [-0.15, -0.1) is 0 Å². The smallest absolute Gasteiger partial charge is 0.00721 e. The second kappa shape index (κ2) is 8.10. The van der Waals surface area contributed by atoms with Crippen molar-refractivity contribution in [1.29, 1.82) is 0 Å². The van der Waals surface area contributed by atoms with Crippen molar-refractivity contribution in [1.82, 2.24) is 10.2 Å². The van der Waals surface area contributed by atoms with Crippen molar-refractivity contribution in [2.24, 2.45) is 5.92 Å².